The monoisotopic (exact) mass is 591 g/mol. The smallest absolute Gasteiger partial charge is 0.264 e. The van der Waals surface area contributed by atoms with E-state index >= 15 is 0 Å². The van der Waals surface area contributed by atoms with Crippen molar-refractivity contribution in [1.29, 1.82) is 0 Å². The van der Waals surface area contributed by atoms with Gasteiger partial charge in [-0.05, 0) is 55.7 Å². The molecular formula is C27H31F2N5O4S2. The summed E-state index contributed by atoms with van der Waals surface area (Å²) in [6, 6.07) is 4.89. The number of rotatable bonds is 9. The largest absolute Gasteiger partial charge is 0.378 e. The molecule has 1 saturated carbocycles. The van der Waals surface area contributed by atoms with Crippen molar-refractivity contribution in [3.63, 3.8) is 0 Å². The highest BCUT2D eigenvalue weighted by Crippen LogP contribution is 2.32. The number of morpholine rings is 1. The van der Waals surface area contributed by atoms with Crippen molar-refractivity contribution >= 4 is 51.1 Å². The molecule has 1 aliphatic carbocycles. The van der Waals surface area contributed by atoms with Gasteiger partial charge in [-0.25, -0.2) is 26.9 Å². The minimum absolute atomic E-state index is 0.0322. The third kappa shape index (κ3) is 6.01. The van der Waals surface area contributed by atoms with Crippen molar-refractivity contribution in [2.45, 2.75) is 43.9 Å². The minimum atomic E-state index is -3.77. The zero-order chi connectivity index (χ0) is 28.6. The lowest BCUT2D eigenvalue weighted by molar-refractivity contribution is 0.0981. The van der Waals surface area contributed by atoms with Crippen LogP contribution in [-0.4, -0.2) is 61.6 Å². The molecule has 0 bridgehead atoms. The number of aromatic nitrogens is 2. The number of anilines is 2. The van der Waals surface area contributed by atoms with E-state index < -0.39 is 44.8 Å². The van der Waals surface area contributed by atoms with E-state index in [0.29, 0.717) is 67.3 Å². The Bertz CT molecular complexity index is 1520. The van der Waals surface area contributed by atoms with Gasteiger partial charge in [0.05, 0.1) is 41.7 Å². The fraction of sp³-hybridized carbons (Fsp3) is 0.444. The second-order valence-corrected chi connectivity index (χ2v) is 12.6. The molecule has 0 radical (unpaired) electrons. The molecule has 3 aromatic rings. The van der Waals surface area contributed by atoms with Gasteiger partial charge < -0.3 is 15.0 Å². The Labute approximate surface area is 237 Å². The maximum atomic E-state index is 14.8. The van der Waals surface area contributed by atoms with Crippen molar-refractivity contribution in [1.82, 2.24) is 14.7 Å². The third-order valence-electron chi connectivity index (χ3n) is 7.16. The fourth-order valence-corrected chi connectivity index (χ4v) is 6.23. The number of hydrogen-bond donors (Lipinski definition) is 3. The molecule has 2 fully saturated rings. The summed E-state index contributed by atoms with van der Waals surface area (Å²) in [5.74, 6) is -1.64. The van der Waals surface area contributed by atoms with Crippen LogP contribution in [0.25, 0.3) is 11.0 Å². The van der Waals surface area contributed by atoms with Gasteiger partial charge in [-0.15, -0.1) is 0 Å². The van der Waals surface area contributed by atoms with Crippen LogP contribution in [0.5, 0.6) is 0 Å². The lowest BCUT2D eigenvalue weighted by atomic mass is 9.99. The number of amides is 1. The van der Waals surface area contributed by atoms with Gasteiger partial charge in [-0.3, -0.25) is 9.78 Å². The maximum absolute atomic E-state index is 14.8. The molecule has 13 heteroatoms. The number of ether oxygens (including phenoxy) is 1. The Hall–Kier alpha value is -3.03. The number of sulfonamides is 1. The molecule has 2 aromatic carbocycles. The summed E-state index contributed by atoms with van der Waals surface area (Å²) in [6.07, 6.45) is 2.63. The standard InChI is InChI=1S/C27H31F2N5O4S2/c1-15(14-39)25-21(28)11-18(12-22(25)29)31-16(2)20-9-17(27(35)33-40(36,37)19-3-4-19)10-23-26(20)32-24(13-30-23)34-5-7-38-8-6-34/h9-13,15-16,19,31,39H,3-8,14H2,1-2H3,(H,33,35). The van der Waals surface area contributed by atoms with Crippen LogP contribution in [0.3, 0.4) is 0 Å². The zero-order valence-electron chi connectivity index (χ0n) is 22.2. The summed E-state index contributed by atoms with van der Waals surface area (Å²) in [4.78, 5) is 24.4. The molecular weight excluding hydrogens is 560 g/mol. The Morgan fingerprint density at radius 1 is 1.15 bits per heavy atom. The van der Waals surface area contributed by atoms with E-state index in [1.165, 1.54) is 18.2 Å². The normalized spacial score (nSPS) is 17.5. The van der Waals surface area contributed by atoms with E-state index in [9.17, 15) is 22.0 Å². The second kappa shape index (κ2) is 11.5. The van der Waals surface area contributed by atoms with Crippen LogP contribution >= 0.6 is 12.6 Å². The minimum Gasteiger partial charge on any atom is -0.378 e. The van der Waals surface area contributed by atoms with Gasteiger partial charge in [-0.1, -0.05) is 6.92 Å². The summed E-state index contributed by atoms with van der Waals surface area (Å²) in [7, 11) is -3.77. The maximum Gasteiger partial charge on any atom is 0.264 e. The van der Waals surface area contributed by atoms with Crippen LogP contribution in [0.2, 0.25) is 0 Å². The average Bonchev–Trinajstić information content (AvgIpc) is 3.78. The van der Waals surface area contributed by atoms with Gasteiger partial charge in [0.1, 0.15) is 17.5 Å². The highest BCUT2D eigenvalue weighted by atomic mass is 32.2. The fourth-order valence-electron chi connectivity index (χ4n) is 4.75. The molecule has 1 aliphatic heterocycles. The predicted molar refractivity (Wildman–Crippen MR) is 153 cm³/mol. The van der Waals surface area contributed by atoms with Crippen molar-refractivity contribution in [2.24, 2.45) is 0 Å². The van der Waals surface area contributed by atoms with E-state index in [0.717, 1.165) is 0 Å². The van der Waals surface area contributed by atoms with Crippen LogP contribution in [-0.2, 0) is 14.8 Å². The quantitative estimate of drug-likeness (QED) is 0.318. The third-order valence-corrected chi connectivity index (χ3v) is 9.52. The summed E-state index contributed by atoms with van der Waals surface area (Å²) >= 11 is 4.16. The number of halogens is 2. The van der Waals surface area contributed by atoms with E-state index in [4.69, 9.17) is 9.72 Å². The highest BCUT2D eigenvalue weighted by molar-refractivity contribution is 7.91. The van der Waals surface area contributed by atoms with Crippen molar-refractivity contribution in [2.75, 3.05) is 42.3 Å². The summed E-state index contributed by atoms with van der Waals surface area (Å²) < 4.78 is 62.1. The van der Waals surface area contributed by atoms with Crippen LogP contribution in [0, 0.1) is 11.6 Å². The Balaban J connectivity index is 1.53. The first-order valence-corrected chi connectivity index (χ1v) is 15.3. The van der Waals surface area contributed by atoms with E-state index in [-0.39, 0.29) is 16.8 Å². The van der Waals surface area contributed by atoms with Crippen molar-refractivity contribution in [3.8, 4) is 0 Å². The SMILES string of the molecule is CC(CS)c1c(F)cc(NC(C)c2cc(C(=O)NS(=O)(=O)C3CC3)cc3ncc(N4CCOCC4)nc23)cc1F. The van der Waals surface area contributed by atoms with Gasteiger partial charge in [-0.2, -0.15) is 12.6 Å². The molecule has 214 valence electrons. The molecule has 2 unspecified atom stereocenters. The lowest BCUT2D eigenvalue weighted by Gasteiger charge is -2.28. The molecule has 40 heavy (non-hydrogen) atoms. The van der Waals surface area contributed by atoms with Crippen LogP contribution in [0.1, 0.15) is 60.1 Å². The first-order valence-electron chi connectivity index (χ1n) is 13.1. The lowest BCUT2D eigenvalue weighted by Crippen LogP contribution is -2.36. The first-order chi connectivity index (χ1) is 19.1. The molecule has 2 heterocycles. The number of nitrogens with one attached hydrogen (secondary N) is 2. The molecule has 2 N–H and O–H groups in total. The topological polar surface area (TPSA) is 114 Å². The molecule has 1 aromatic heterocycles. The molecule has 2 aliphatic rings. The van der Waals surface area contributed by atoms with Gasteiger partial charge in [0.25, 0.3) is 5.91 Å². The molecule has 2 atom stereocenters. The molecule has 0 spiro atoms. The van der Waals surface area contributed by atoms with E-state index in [1.54, 1.807) is 26.1 Å². The second-order valence-electron chi connectivity index (χ2n) is 10.2. The summed E-state index contributed by atoms with van der Waals surface area (Å²) in [5.41, 5.74) is 1.63. The van der Waals surface area contributed by atoms with Gasteiger partial charge in [0.15, 0.2) is 0 Å². The Morgan fingerprint density at radius 3 is 2.45 bits per heavy atom. The van der Waals surface area contributed by atoms with Gasteiger partial charge in [0, 0.05) is 35.5 Å². The molecule has 1 saturated heterocycles. The number of hydrogen-bond acceptors (Lipinski definition) is 9. The number of nitrogens with zero attached hydrogens (tertiary/aromatic N) is 3. The Kier molecular flexibility index (Phi) is 8.16. The number of carbonyl (C=O) groups excluding carboxylic acids is 1. The Morgan fingerprint density at radius 2 is 1.82 bits per heavy atom. The number of carbonyl (C=O) groups is 1. The highest BCUT2D eigenvalue weighted by Gasteiger charge is 2.37. The zero-order valence-corrected chi connectivity index (χ0v) is 23.9. The first kappa shape index (κ1) is 28.5. The van der Waals surface area contributed by atoms with Gasteiger partial charge in [0.2, 0.25) is 10.0 Å². The summed E-state index contributed by atoms with van der Waals surface area (Å²) in [6.45, 7) is 5.84. The van der Waals surface area contributed by atoms with Crippen LogP contribution < -0.4 is 14.9 Å². The van der Waals surface area contributed by atoms with Crippen LogP contribution in [0.4, 0.5) is 20.3 Å². The molecule has 1 amide bonds. The van der Waals surface area contributed by atoms with Crippen molar-refractivity contribution in [3.05, 3.63) is 58.8 Å². The molecule has 5 rings (SSSR count). The average molecular weight is 592 g/mol. The number of fused-ring (bicyclic) bond motifs is 1. The summed E-state index contributed by atoms with van der Waals surface area (Å²) in [5, 5.41) is 2.54. The van der Waals surface area contributed by atoms with Crippen LogP contribution in [0.15, 0.2) is 30.5 Å². The van der Waals surface area contributed by atoms with E-state index in [1.807, 2.05) is 4.90 Å². The van der Waals surface area contributed by atoms with Gasteiger partial charge >= 0.3 is 0 Å². The van der Waals surface area contributed by atoms with E-state index in [2.05, 4.69) is 27.7 Å². The predicted octanol–water partition coefficient (Wildman–Crippen LogP) is 4.17. The molecule has 9 nitrogen and oxygen atoms in total. The van der Waals surface area contributed by atoms with Crippen molar-refractivity contribution < 1.29 is 26.7 Å². The number of thiol groups is 1. The number of benzene rings is 2.